The number of hydrogen-bond acceptors (Lipinski definition) is 5. The second-order valence-corrected chi connectivity index (χ2v) is 11.6. The topological polar surface area (TPSA) is 54.9 Å². The molecule has 1 saturated carbocycles. The number of anilines is 1. The average molecular weight is 642 g/mol. The molecule has 1 aliphatic carbocycles. The molecule has 0 radical (unpaired) electrons. The molecule has 240 valence electrons. The Labute approximate surface area is 252 Å². The lowest BCUT2D eigenvalue weighted by Crippen LogP contribution is -2.56. The highest BCUT2D eigenvalue weighted by Gasteiger charge is 2.46. The minimum absolute atomic E-state index is 0.00680. The van der Waals surface area contributed by atoms with E-state index in [1.807, 2.05) is 12.1 Å². The van der Waals surface area contributed by atoms with Crippen molar-refractivity contribution in [3.63, 3.8) is 0 Å². The molecule has 6 nitrogen and oxygen atoms in total. The van der Waals surface area contributed by atoms with E-state index in [0.717, 1.165) is 23.3 Å². The molecular formula is C31H27F8N3O3. The Morgan fingerprint density at radius 2 is 1.56 bits per heavy atom. The Kier molecular flexibility index (Phi) is 7.39. The number of pyridine rings is 1. The summed E-state index contributed by atoms with van der Waals surface area (Å²) in [5.41, 5.74) is -1.05. The smallest absolute Gasteiger partial charge is 0.416 e. The van der Waals surface area contributed by atoms with E-state index >= 15 is 0 Å². The lowest BCUT2D eigenvalue weighted by atomic mass is 9.96. The quantitative estimate of drug-likeness (QED) is 0.244. The monoisotopic (exact) mass is 641 g/mol. The van der Waals surface area contributed by atoms with Crippen LogP contribution in [0.1, 0.15) is 59.7 Å². The van der Waals surface area contributed by atoms with Gasteiger partial charge in [0.05, 0.1) is 49.6 Å². The number of carbonyl (C=O) groups excluding carboxylic acids is 1. The lowest BCUT2D eigenvalue weighted by molar-refractivity contribution is -0.143. The number of aromatic nitrogens is 1. The number of ether oxygens (including phenoxy) is 2. The standard InChI is InChI=1S/C31H27F8N3O3/c1-16-27(19-9-20(30(34,35)36)12-21(10-19)31(37,38)39)45-28(43)42(16)13-24-22(6-8-26(40-24)41-14-29(32,33)15-41)23-11-18(17-3-4-17)5-7-25(23)44-2/h5-12,16-17,27H,3-4,13-15H2,1-2H3. The number of halogens is 8. The van der Waals surface area contributed by atoms with E-state index in [1.165, 1.54) is 18.9 Å². The normalized spacial score (nSPS) is 21.5. The number of rotatable bonds is 7. The van der Waals surface area contributed by atoms with E-state index in [0.29, 0.717) is 34.9 Å². The third-order valence-corrected chi connectivity index (χ3v) is 8.34. The van der Waals surface area contributed by atoms with Crippen molar-refractivity contribution >= 4 is 11.9 Å². The number of benzene rings is 2. The first-order valence-electron chi connectivity index (χ1n) is 14.1. The molecule has 2 unspecified atom stereocenters. The molecule has 1 amide bonds. The van der Waals surface area contributed by atoms with E-state index in [9.17, 15) is 39.9 Å². The second kappa shape index (κ2) is 10.8. The Balaban J connectivity index is 1.38. The molecule has 2 atom stereocenters. The second-order valence-electron chi connectivity index (χ2n) is 11.6. The van der Waals surface area contributed by atoms with Gasteiger partial charge in [-0.15, -0.1) is 0 Å². The van der Waals surface area contributed by atoms with Crippen LogP contribution >= 0.6 is 0 Å². The molecule has 2 saturated heterocycles. The van der Waals surface area contributed by atoms with E-state index in [1.54, 1.807) is 18.2 Å². The largest absolute Gasteiger partial charge is 0.496 e. The zero-order valence-electron chi connectivity index (χ0n) is 24.0. The Morgan fingerprint density at radius 3 is 2.11 bits per heavy atom. The molecule has 14 heteroatoms. The van der Waals surface area contributed by atoms with E-state index in [4.69, 9.17) is 9.47 Å². The van der Waals surface area contributed by atoms with Gasteiger partial charge in [-0.25, -0.2) is 18.6 Å². The molecule has 3 aromatic rings. The Hall–Kier alpha value is -4.10. The summed E-state index contributed by atoms with van der Waals surface area (Å²) < 4.78 is 120. The predicted octanol–water partition coefficient (Wildman–Crippen LogP) is 8.21. The summed E-state index contributed by atoms with van der Waals surface area (Å²) in [4.78, 5) is 20.3. The fourth-order valence-corrected chi connectivity index (χ4v) is 5.78. The van der Waals surface area contributed by atoms with Gasteiger partial charge in [0.1, 0.15) is 17.7 Å². The highest BCUT2D eigenvalue weighted by atomic mass is 19.4. The number of carbonyl (C=O) groups is 1. The predicted molar refractivity (Wildman–Crippen MR) is 146 cm³/mol. The van der Waals surface area contributed by atoms with Gasteiger partial charge in [-0.1, -0.05) is 6.07 Å². The molecule has 0 spiro atoms. The molecule has 1 aromatic heterocycles. The third kappa shape index (κ3) is 6.10. The van der Waals surface area contributed by atoms with Gasteiger partial charge in [0, 0.05) is 11.1 Å². The number of methoxy groups -OCH3 is 1. The van der Waals surface area contributed by atoms with Crippen molar-refractivity contribution in [1.82, 2.24) is 9.88 Å². The highest BCUT2D eigenvalue weighted by molar-refractivity contribution is 5.76. The lowest BCUT2D eigenvalue weighted by Gasteiger charge is -2.39. The van der Waals surface area contributed by atoms with E-state index in [2.05, 4.69) is 4.98 Å². The van der Waals surface area contributed by atoms with Crippen molar-refractivity contribution in [3.8, 4) is 16.9 Å². The van der Waals surface area contributed by atoms with Gasteiger partial charge in [-0.2, -0.15) is 26.3 Å². The summed E-state index contributed by atoms with van der Waals surface area (Å²) in [5.74, 6) is -1.80. The molecule has 3 aliphatic rings. The van der Waals surface area contributed by atoms with Gasteiger partial charge >= 0.3 is 18.4 Å². The molecule has 3 fully saturated rings. The van der Waals surface area contributed by atoms with Crippen LogP contribution in [0.4, 0.5) is 45.7 Å². The molecular weight excluding hydrogens is 614 g/mol. The Bertz CT molecular complexity index is 1600. The van der Waals surface area contributed by atoms with Crippen LogP contribution in [0.3, 0.4) is 0 Å². The molecule has 2 aromatic carbocycles. The zero-order chi connectivity index (χ0) is 32.5. The van der Waals surface area contributed by atoms with Crippen molar-refractivity contribution in [2.24, 2.45) is 0 Å². The highest BCUT2D eigenvalue weighted by Crippen LogP contribution is 2.45. The minimum Gasteiger partial charge on any atom is -0.496 e. The van der Waals surface area contributed by atoms with Crippen molar-refractivity contribution in [2.45, 2.75) is 62.6 Å². The van der Waals surface area contributed by atoms with Gasteiger partial charge in [0.15, 0.2) is 0 Å². The van der Waals surface area contributed by atoms with Crippen molar-refractivity contribution < 1.29 is 49.4 Å². The van der Waals surface area contributed by atoms with Crippen molar-refractivity contribution in [2.75, 3.05) is 25.1 Å². The van der Waals surface area contributed by atoms with Crippen LogP contribution in [0.25, 0.3) is 11.1 Å². The molecule has 45 heavy (non-hydrogen) atoms. The van der Waals surface area contributed by atoms with Gasteiger partial charge in [0.2, 0.25) is 0 Å². The number of nitrogens with zero attached hydrogens (tertiary/aromatic N) is 3. The number of hydrogen-bond donors (Lipinski definition) is 0. The summed E-state index contributed by atoms with van der Waals surface area (Å²) >= 11 is 0. The maximum atomic E-state index is 13.7. The summed E-state index contributed by atoms with van der Waals surface area (Å²) in [6, 6.07) is 8.99. The van der Waals surface area contributed by atoms with Gasteiger partial charge in [0.25, 0.3) is 5.92 Å². The third-order valence-electron chi connectivity index (χ3n) is 8.34. The summed E-state index contributed by atoms with van der Waals surface area (Å²) in [6.45, 7) is 0.0594. The van der Waals surface area contributed by atoms with Crippen molar-refractivity contribution in [1.29, 1.82) is 0 Å². The van der Waals surface area contributed by atoms with Crippen LogP contribution in [0, 0.1) is 0 Å². The molecule has 3 heterocycles. The van der Waals surface area contributed by atoms with Gasteiger partial charge in [-0.05, 0) is 79.3 Å². The van der Waals surface area contributed by atoms with Gasteiger partial charge in [-0.3, -0.25) is 4.90 Å². The van der Waals surface area contributed by atoms with Crippen LogP contribution in [0.5, 0.6) is 5.75 Å². The van der Waals surface area contributed by atoms with E-state index in [-0.39, 0.29) is 24.1 Å². The fraction of sp³-hybridized carbons (Fsp3) is 0.419. The molecule has 6 rings (SSSR count). The first-order chi connectivity index (χ1) is 21.0. The molecule has 0 bridgehead atoms. The first-order valence-corrected chi connectivity index (χ1v) is 14.1. The number of amides is 1. The van der Waals surface area contributed by atoms with Crippen LogP contribution in [0.2, 0.25) is 0 Å². The number of cyclic esters (lactones) is 1. The minimum atomic E-state index is -5.08. The first kappa shape index (κ1) is 30.9. The Morgan fingerprint density at radius 1 is 0.911 bits per heavy atom. The summed E-state index contributed by atoms with van der Waals surface area (Å²) in [7, 11) is 1.48. The van der Waals surface area contributed by atoms with Crippen LogP contribution in [0.15, 0.2) is 48.5 Å². The fourth-order valence-electron chi connectivity index (χ4n) is 5.78. The maximum Gasteiger partial charge on any atom is 0.416 e. The molecule has 0 N–H and O–H groups in total. The SMILES string of the molecule is COc1ccc(C2CC2)cc1-c1ccc(N2CC(F)(F)C2)nc1CN1C(=O)OC(c2cc(C(F)(F)F)cc(C(F)(F)F)c2)C1C. The molecule has 2 aliphatic heterocycles. The maximum absolute atomic E-state index is 13.7. The average Bonchev–Trinajstić information content (AvgIpc) is 3.77. The van der Waals surface area contributed by atoms with Gasteiger partial charge < -0.3 is 14.4 Å². The summed E-state index contributed by atoms with van der Waals surface area (Å²) in [6.07, 6.45) is -10.6. The van der Waals surface area contributed by atoms with Crippen LogP contribution < -0.4 is 9.64 Å². The van der Waals surface area contributed by atoms with Crippen LogP contribution in [-0.4, -0.2) is 48.1 Å². The number of alkyl halides is 8. The van der Waals surface area contributed by atoms with E-state index < -0.39 is 66.3 Å². The summed E-state index contributed by atoms with van der Waals surface area (Å²) in [5, 5.41) is 0. The zero-order valence-corrected chi connectivity index (χ0v) is 24.0. The van der Waals surface area contributed by atoms with Crippen LogP contribution in [-0.2, 0) is 23.6 Å². The van der Waals surface area contributed by atoms with Crippen molar-refractivity contribution in [3.05, 3.63) is 76.5 Å².